The Kier molecular flexibility index (Phi) is 4.61. The van der Waals surface area contributed by atoms with Gasteiger partial charge in [-0.05, 0) is 19.4 Å². The molecule has 0 radical (unpaired) electrons. The van der Waals surface area contributed by atoms with Gasteiger partial charge in [0.1, 0.15) is 0 Å². The highest BCUT2D eigenvalue weighted by molar-refractivity contribution is 5.11. The second-order valence-corrected chi connectivity index (χ2v) is 3.27. The van der Waals surface area contributed by atoms with Crippen LogP contribution in [0.25, 0.3) is 0 Å². The van der Waals surface area contributed by atoms with Crippen LogP contribution in [0.3, 0.4) is 0 Å². The van der Waals surface area contributed by atoms with Gasteiger partial charge in [0.2, 0.25) is 0 Å². The molecule has 0 atom stereocenters. The number of hydrogen-bond acceptors (Lipinski definition) is 2. The van der Waals surface area contributed by atoms with Crippen LogP contribution in [0.1, 0.15) is 20.3 Å². The summed E-state index contributed by atoms with van der Waals surface area (Å²) in [5.41, 5.74) is 1.46. The molecule has 1 saturated heterocycles. The molecule has 0 aromatic heterocycles. The van der Waals surface area contributed by atoms with E-state index in [1.54, 1.807) is 0 Å². The second-order valence-electron chi connectivity index (χ2n) is 3.27. The fourth-order valence-electron chi connectivity index (χ4n) is 1.61. The Labute approximate surface area is 81.3 Å². The van der Waals surface area contributed by atoms with Crippen LogP contribution in [0.15, 0.2) is 23.9 Å². The normalized spacial score (nSPS) is 19.8. The first-order chi connectivity index (χ1) is 6.38. The van der Waals surface area contributed by atoms with Crippen LogP contribution < -0.4 is 5.32 Å². The van der Waals surface area contributed by atoms with Gasteiger partial charge < -0.3 is 10.2 Å². The lowest BCUT2D eigenvalue weighted by molar-refractivity contribution is 0.292. The van der Waals surface area contributed by atoms with E-state index in [1.807, 2.05) is 0 Å². The fraction of sp³-hybridized carbons (Fsp3) is 0.636. The van der Waals surface area contributed by atoms with Gasteiger partial charge in [0.25, 0.3) is 0 Å². The zero-order valence-corrected chi connectivity index (χ0v) is 8.71. The van der Waals surface area contributed by atoms with E-state index in [9.17, 15) is 0 Å². The summed E-state index contributed by atoms with van der Waals surface area (Å²) in [6, 6.07) is 0. The predicted molar refractivity (Wildman–Crippen MR) is 57.6 cm³/mol. The molecule has 0 aromatic rings. The van der Waals surface area contributed by atoms with Crippen molar-refractivity contribution in [3.05, 3.63) is 23.9 Å². The Balaban J connectivity index is 2.53. The highest BCUT2D eigenvalue weighted by atomic mass is 15.2. The van der Waals surface area contributed by atoms with E-state index < -0.39 is 0 Å². The van der Waals surface area contributed by atoms with Crippen molar-refractivity contribution in [3.63, 3.8) is 0 Å². The molecule has 74 valence electrons. The number of nitrogens with zero attached hydrogens (tertiary/aromatic N) is 1. The monoisotopic (exact) mass is 180 g/mol. The molecule has 0 bridgehead atoms. The molecule has 0 aromatic carbocycles. The standard InChI is InChI=1S/C11H20N2/c1-3-5-6-11(4-2)13-9-7-12-8-10-13/h3,5-6,12H,4,7-10H2,1-2H3/b5-3-,11-6+. The summed E-state index contributed by atoms with van der Waals surface area (Å²) in [5.74, 6) is 0. The minimum atomic E-state index is 1.12. The van der Waals surface area contributed by atoms with Crippen molar-refractivity contribution in [2.75, 3.05) is 26.2 Å². The zero-order chi connectivity index (χ0) is 9.52. The van der Waals surface area contributed by atoms with E-state index in [0.717, 1.165) is 32.6 Å². The smallest absolute Gasteiger partial charge is 0.0300 e. The summed E-state index contributed by atoms with van der Waals surface area (Å²) in [5, 5.41) is 3.36. The van der Waals surface area contributed by atoms with Crippen molar-refractivity contribution in [1.82, 2.24) is 10.2 Å². The van der Waals surface area contributed by atoms with Gasteiger partial charge >= 0.3 is 0 Å². The molecule has 0 spiro atoms. The number of allylic oxidation sites excluding steroid dienone is 4. The Hall–Kier alpha value is -0.760. The Bertz CT molecular complexity index is 188. The highest BCUT2D eigenvalue weighted by Gasteiger charge is 2.10. The summed E-state index contributed by atoms with van der Waals surface area (Å²) in [6.45, 7) is 8.81. The third kappa shape index (κ3) is 3.23. The van der Waals surface area contributed by atoms with Gasteiger partial charge in [0.05, 0.1) is 0 Å². The maximum absolute atomic E-state index is 3.36. The van der Waals surface area contributed by atoms with Crippen LogP contribution in [-0.2, 0) is 0 Å². The van der Waals surface area contributed by atoms with Crippen LogP contribution in [0.2, 0.25) is 0 Å². The van der Waals surface area contributed by atoms with Crippen molar-refractivity contribution in [2.45, 2.75) is 20.3 Å². The third-order valence-corrected chi connectivity index (χ3v) is 2.37. The number of hydrogen-bond donors (Lipinski definition) is 1. The average molecular weight is 180 g/mol. The molecule has 1 rings (SSSR count). The lowest BCUT2D eigenvalue weighted by atomic mass is 10.2. The SMILES string of the molecule is C/C=C\C=C(/CC)N1CCNCC1. The second kappa shape index (κ2) is 5.81. The quantitative estimate of drug-likeness (QED) is 0.666. The summed E-state index contributed by atoms with van der Waals surface area (Å²) in [7, 11) is 0. The molecular weight excluding hydrogens is 160 g/mol. The summed E-state index contributed by atoms with van der Waals surface area (Å²) in [6.07, 6.45) is 7.56. The first-order valence-corrected chi connectivity index (χ1v) is 5.16. The van der Waals surface area contributed by atoms with E-state index in [-0.39, 0.29) is 0 Å². The number of nitrogens with one attached hydrogen (secondary N) is 1. The first kappa shape index (κ1) is 10.3. The third-order valence-electron chi connectivity index (χ3n) is 2.37. The molecule has 1 N–H and O–H groups in total. The molecule has 0 unspecified atom stereocenters. The van der Waals surface area contributed by atoms with Crippen molar-refractivity contribution in [2.24, 2.45) is 0 Å². The molecule has 1 aliphatic rings. The Morgan fingerprint density at radius 3 is 2.62 bits per heavy atom. The van der Waals surface area contributed by atoms with Crippen molar-refractivity contribution < 1.29 is 0 Å². The Morgan fingerprint density at radius 1 is 1.38 bits per heavy atom. The maximum Gasteiger partial charge on any atom is 0.0300 e. The molecule has 13 heavy (non-hydrogen) atoms. The molecule has 1 heterocycles. The average Bonchev–Trinajstić information content (AvgIpc) is 2.21. The predicted octanol–water partition coefficient (Wildman–Crippen LogP) is 1.76. The van der Waals surface area contributed by atoms with Crippen molar-refractivity contribution in [1.29, 1.82) is 0 Å². The van der Waals surface area contributed by atoms with Gasteiger partial charge in [0.15, 0.2) is 0 Å². The summed E-state index contributed by atoms with van der Waals surface area (Å²) >= 11 is 0. The van der Waals surface area contributed by atoms with Crippen LogP contribution in [-0.4, -0.2) is 31.1 Å². The Morgan fingerprint density at radius 2 is 2.08 bits per heavy atom. The molecule has 0 amide bonds. The fourth-order valence-corrected chi connectivity index (χ4v) is 1.61. The number of piperazine rings is 1. The van der Waals surface area contributed by atoms with E-state index in [2.05, 4.69) is 42.3 Å². The minimum absolute atomic E-state index is 1.12. The van der Waals surface area contributed by atoms with Gasteiger partial charge in [0, 0.05) is 31.9 Å². The number of rotatable bonds is 3. The van der Waals surface area contributed by atoms with E-state index in [4.69, 9.17) is 0 Å². The van der Waals surface area contributed by atoms with Crippen LogP contribution in [0.4, 0.5) is 0 Å². The van der Waals surface area contributed by atoms with Gasteiger partial charge in [-0.2, -0.15) is 0 Å². The van der Waals surface area contributed by atoms with Crippen LogP contribution in [0.5, 0.6) is 0 Å². The van der Waals surface area contributed by atoms with Crippen LogP contribution in [0, 0.1) is 0 Å². The van der Waals surface area contributed by atoms with E-state index in [0.29, 0.717) is 0 Å². The topological polar surface area (TPSA) is 15.3 Å². The largest absolute Gasteiger partial charge is 0.372 e. The van der Waals surface area contributed by atoms with Crippen LogP contribution >= 0.6 is 0 Å². The molecule has 2 nitrogen and oxygen atoms in total. The lowest BCUT2D eigenvalue weighted by Crippen LogP contribution is -2.42. The van der Waals surface area contributed by atoms with Crippen molar-refractivity contribution in [3.8, 4) is 0 Å². The van der Waals surface area contributed by atoms with Gasteiger partial charge in [-0.1, -0.05) is 19.1 Å². The van der Waals surface area contributed by atoms with Crippen molar-refractivity contribution >= 4 is 0 Å². The molecule has 1 aliphatic heterocycles. The molecule has 2 heteroatoms. The molecule has 0 saturated carbocycles. The van der Waals surface area contributed by atoms with E-state index >= 15 is 0 Å². The highest BCUT2D eigenvalue weighted by Crippen LogP contribution is 2.09. The maximum atomic E-state index is 3.36. The molecular formula is C11H20N2. The zero-order valence-electron chi connectivity index (χ0n) is 8.71. The van der Waals surface area contributed by atoms with Gasteiger partial charge in [-0.3, -0.25) is 0 Å². The van der Waals surface area contributed by atoms with Gasteiger partial charge in [-0.25, -0.2) is 0 Å². The molecule has 0 aliphatic carbocycles. The molecule has 1 fully saturated rings. The lowest BCUT2D eigenvalue weighted by Gasteiger charge is -2.31. The summed E-state index contributed by atoms with van der Waals surface area (Å²) < 4.78 is 0. The van der Waals surface area contributed by atoms with E-state index in [1.165, 1.54) is 5.70 Å². The minimum Gasteiger partial charge on any atom is -0.372 e. The van der Waals surface area contributed by atoms with Gasteiger partial charge in [-0.15, -0.1) is 0 Å². The first-order valence-electron chi connectivity index (χ1n) is 5.16. The summed E-state index contributed by atoms with van der Waals surface area (Å²) in [4.78, 5) is 2.47.